The molecule has 0 N–H and O–H groups in total. The van der Waals surface area contributed by atoms with E-state index in [1.54, 1.807) is 0 Å². The first-order valence-electron chi connectivity index (χ1n) is 5.06. The fraction of sp³-hybridized carbons (Fsp3) is 0.0714. The molecular formula is C14H11S2. The van der Waals surface area contributed by atoms with Crippen LogP contribution < -0.4 is 0 Å². The highest BCUT2D eigenvalue weighted by atomic mass is 32.1. The molecule has 0 aliphatic rings. The topological polar surface area (TPSA) is 0 Å². The average Bonchev–Trinajstić information content (AvgIpc) is 2.30. The lowest BCUT2D eigenvalue weighted by molar-refractivity contribution is 1.43. The Kier molecular flexibility index (Phi) is 3.32. The summed E-state index contributed by atoms with van der Waals surface area (Å²) in [5.74, 6) is 0. The van der Waals surface area contributed by atoms with E-state index in [1.165, 1.54) is 5.56 Å². The Labute approximate surface area is 107 Å². The van der Waals surface area contributed by atoms with Crippen LogP contribution in [0.3, 0.4) is 0 Å². The van der Waals surface area contributed by atoms with Crippen molar-refractivity contribution in [2.45, 2.75) is 11.8 Å². The molecule has 0 fully saturated rings. The van der Waals surface area contributed by atoms with Crippen LogP contribution in [0.1, 0.15) is 16.7 Å². The first-order valence-corrected chi connectivity index (χ1v) is 5.87. The van der Waals surface area contributed by atoms with Gasteiger partial charge in [-0.25, -0.2) is 0 Å². The van der Waals surface area contributed by atoms with Crippen LogP contribution in [0.2, 0.25) is 0 Å². The second-order valence-electron chi connectivity index (χ2n) is 3.67. The Hall–Kier alpha value is -1.25. The van der Waals surface area contributed by atoms with Crippen molar-refractivity contribution in [3.05, 3.63) is 65.2 Å². The van der Waals surface area contributed by atoms with E-state index >= 15 is 0 Å². The summed E-state index contributed by atoms with van der Waals surface area (Å²) in [6.07, 6.45) is 0. The van der Waals surface area contributed by atoms with Gasteiger partial charge in [-0.3, -0.25) is 0 Å². The normalized spacial score (nSPS) is 10.1. The Bertz CT molecular complexity index is 513. The lowest BCUT2D eigenvalue weighted by atomic mass is 10.0. The highest BCUT2D eigenvalue weighted by Crippen LogP contribution is 2.16. The second kappa shape index (κ2) is 4.73. The molecule has 0 aliphatic heterocycles. The van der Waals surface area contributed by atoms with E-state index in [-0.39, 0.29) is 0 Å². The minimum Gasteiger partial charge on any atom is -0.0801 e. The second-order valence-corrected chi connectivity index (χ2v) is 4.55. The van der Waals surface area contributed by atoms with Crippen molar-refractivity contribution in [2.75, 3.05) is 0 Å². The summed E-state index contributed by atoms with van der Waals surface area (Å²) in [5, 5.41) is 0. The van der Waals surface area contributed by atoms with Crippen LogP contribution in [0.5, 0.6) is 0 Å². The van der Waals surface area contributed by atoms with Gasteiger partial charge in [-0.1, -0.05) is 61.2 Å². The molecule has 0 heterocycles. The summed E-state index contributed by atoms with van der Waals surface area (Å²) in [6, 6.07) is 15.9. The molecule has 1 radical (unpaired) electrons. The van der Waals surface area contributed by atoms with Crippen molar-refractivity contribution in [1.82, 2.24) is 0 Å². The smallest absolute Gasteiger partial charge is 0.0524 e. The van der Waals surface area contributed by atoms with Crippen LogP contribution in [0.15, 0.2) is 53.4 Å². The maximum Gasteiger partial charge on any atom is 0.0524 e. The van der Waals surface area contributed by atoms with Crippen LogP contribution in [0.25, 0.3) is 0 Å². The average molecular weight is 243 g/mol. The van der Waals surface area contributed by atoms with E-state index in [1.807, 2.05) is 36.4 Å². The SMILES string of the molecule is Cc1ccccc1C(=S)c1ccc([S])cc1. The van der Waals surface area contributed by atoms with Gasteiger partial charge in [0.2, 0.25) is 0 Å². The summed E-state index contributed by atoms with van der Waals surface area (Å²) in [5.41, 5.74) is 3.38. The first kappa shape index (κ1) is 11.2. The predicted octanol–water partition coefficient (Wildman–Crippen LogP) is 4.32. The first-order chi connectivity index (χ1) is 7.68. The van der Waals surface area contributed by atoms with Crippen molar-refractivity contribution in [2.24, 2.45) is 0 Å². The number of benzene rings is 2. The fourth-order valence-electron chi connectivity index (χ4n) is 1.59. The van der Waals surface area contributed by atoms with Gasteiger partial charge in [0.1, 0.15) is 0 Å². The van der Waals surface area contributed by atoms with Crippen molar-refractivity contribution < 1.29 is 0 Å². The molecule has 2 rings (SSSR count). The minimum absolute atomic E-state index is 0.844. The summed E-state index contributed by atoms with van der Waals surface area (Å²) < 4.78 is 0. The Balaban J connectivity index is 2.40. The standard InChI is InChI=1S/C14H11S2/c1-10-4-2-3-5-13(10)14(16)11-6-8-12(15)9-7-11/h2-9H,1H3. The van der Waals surface area contributed by atoms with Gasteiger partial charge in [-0.2, -0.15) is 0 Å². The molecule has 79 valence electrons. The predicted molar refractivity (Wildman–Crippen MR) is 74.3 cm³/mol. The summed E-state index contributed by atoms with van der Waals surface area (Å²) in [4.78, 5) is 1.73. The molecule has 0 unspecified atom stereocenters. The van der Waals surface area contributed by atoms with Gasteiger partial charge in [0.05, 0.1) is 4.86 Å². The molecule has 0 aromatic heterocycles. The molecule has 2 heteroatoms. The molecule has 0 bridgehead atoms. The zero-order chi connectivity index (χ0) is 11.5. The largest absolute Gasteiger partial charge is 0.0801 e. The summed E-state index contributed by atoms with van der Waals surface area (Å²) in [6.45, 7) is 2.07. The van der Waals surface area contributed by atoms with E-state index in [0.717, 1.165) is 20.9 Å². The van der Waals surface area contributed by atoms with Gasteiger partial charge in [-0.15, -0.1) is 0 Å². The molecule has 0 spiro atoms. The molecule has 0 saturated carbocycles. The zero-order valence-corrected chi connectivity index (χ0v) is 10.6. The Morgan fingerprint density at radius 2 is 1.56 bits per heavy atom. The minimum atomic E-state index is 0.844. The maximum atomic E-state index is 5.48. The molecular weight excluding hydrogens is 232 g/mol. The number of rotatable bonds is 2. The lowest BCUT2D eigenvalue weighted by Gasteiger charge is -2.07. The molecule has 0 aliphatic carbocycles. The summed E-state index contributed by atoms with van der Waals surface area (Å²) in [7, 11) is 0. The van der Waals surface area contributed by atoms with E-state index in [9.17, 15) is 0 Å². The van der Waals surface area contributed by atoms with Crippen LogP contribution in [0.4, 0.5) is 0 Å². The number of aryl methyl sites for hydroxylation is 1. The molecule has 0 atom stereocenters. The lowest BCUT2D eigenvalue weighted by Crippen LogP contribution is -2.01. The third-order valence-corrected chi connectivity index (χ3v) is 3.23. The van der Waals surface area contributed by atoms with E-state index < -0.39 is 0 Å². The molecule has 0 nitrogen and oxygen atoms in total. The number of thiocarbonyl (C=S) groups is 1. The monoisotopic (exact) mass is 243 g/mol. The zero-order valence-electron chi connectivity index (χ0n) is 8.94. The third kappa shape index (κ3) is 2.29. The van der Waals surface area contributed by atoms with Crippen molar-refractivity contribution >= 4 is 29.7 Å². The van der Waals surface area contributed by atoms with Crippen molar-refractivity contribution in [3.63, 3.8) is 0 Å². The number of hydrogen-bond acceptors (Lipinski definition) is 1. The van der Waals surface area contributed by atoms with Crippen LogP contribution in [-0.2, 0) is 0 Å². The molecule has 0 amide bonds. The van der Waals surface area contributed by atoms with Crippen molar-refractivity contribution in [1.29, 1.82) is 0 Å². The fourth-order valence-corrected chi connectivity index (χ4v) is 2.09. The van der Waals surface area contributed by atoms with Crippen molar-refractivity contribution in [3.8, 4) is 0 Å². The number of hydrogen-bond donors (Lipinski definition) is 0. The summed E-state index contributed by atoms with van der Waals surface area (Å²) >= 11 is 10.5. The molecule has 0 saturated heterocycles. The van der Waals surface area contributed by atoms with Gasteiger partial charge in [-0.05, 0) is 35.7 Å². The molecule has 2 aromatic rings. The maximum absolute atomic E-state index is 5.48. The Morgan fingerprint density at radius 3 is 2.19 bits per heavy atom. The molecule has 2 aromatic carbocycles. The van der Waals surface area contributed by atoms with Gasteiger partial charge < -0.3 is 0 Å². The molecule has 16 heavy (non-hydrogen) atoms. The highest BCUT2D eigenvalue weighted by molar-refractivity contribution is 7.81. The third-order valence-electron chi connectivity index (χ3n) is 2.51. The van der Waals surface area contributed by atoms with Gasteiger partial charge in [0, 0.05) is 4.90 Å². The van der Waals surface area contributed by atoms with Gasteiger partial charge in [0.25, 0.3) is 0 Å². The van der Waals surface area contributed by atoms with Gasteiger partial charge >= 0.3 is 0 Å². The van der Waals surface area contributed by atoms with E-state index in [4.69, 9.17) is 24.8 Å². The van der Waals surface area contributed by atoms with Crippen LogP contribution in [0, 0.1) is 6.92 Å². The quantitative estimate of drug-likeness (QED) is 0.559. The van der Waals surface area contributed by atoms with Gasteiger partial charge in [0.15, 0.2) is 0 Å². The van der Waals surface area contributed by atoms with E-state index in [2.05, 4.69) is 19.1 Å². The van der Waals surface area contributed by atoms with E-state index in [0.29, 0.717) is 0 Å². The van der Waals surface area contributed by atoms with Crippen LogP contribution >= 0.6 is 24.8 Å². The van der Waals surface area contributed by atoms with Crippen LogP contribution in [-0.4, -0.2) is 4.86 Å². The highest BCUT2D eigenvalue weighted by Gasteiger charge is 2.06. The Morgan fingerprint density at radius 1 is 0.938 bits per heavy atom.